The second-order valence-electron chi connectivity index (χ2n) is 3.52. The van der Waals surface area contributed by atoms with E-state index in [1.165, 1.54) is 5.56 Å². The lowest BCUT2D eigenvalue weighted by Gasteiger charge is -1.96. The lowest BCUT2D eigenvalue weighted by Crippen LogP contribution is -2.02. The molecule has 0 spiro atoms. The molecule has 0 unspecified atom stereocenters. The Hall–Kier alpha value is -1.61. The van der Waals surface area contributed by atoms with Crippen molar-refractivity contribution >= 4 is 0 Å². The molecule has 0 radical (unpaired) electrons. The lowest BCUT2D eigenvalue weighted by molar-refractivity contribution is 0.508. The third-order valence-corrected chi connectivity index (χ3v) is 2.25. The fourth-order valence-corrected chi connectivity index (χ4v) is 1.40. The highest BCUT2D eigenvalue weighted by atomic mass is 16.4. The first-order chi connectivity index (χ1) is 7.29. The molecule has 1 aromatic heterocycles. The van der Waals surface area contributed by atoms with Crippen LogP contribution in [-0.4, -0.2) is 11.5 Å². The molecule has 2 rings (SSSR count). The second-order valence-corrected chi connectivity index (χ2v) is 3.52. The van der Waals surface area contributed by atoms with Gasteiger partial charge in [0.1, 0.15) is 0 Å². The summed E-state index contributed by atoms with van der Waals surface area (Å²) in [6.45, 7) is 2.62. The van der Waals surface area contributed by atoms with Crippen LogP contribution in [0.15, 0.2) is 34.9 Å². The Balaban J connectivity index is 2.25. The molecule has 78 valence electrons. The molecule has 0 amide bonds. The normalized spacial score (nSPS) is 10.5. The van der Waals surface area contributed by atoms with Crippen molar-refractivity contribution in [3.05, 3.63) is 41.9 Å². The van der Waals surface area contributed by atoms with Gasteiger partial charge < -0.3 is 10.2 Å². The molecule has 3 heteroatoms. The summed E-state index contributed by atoms with van der Waals surface area (Å²) in [6, 6.07) is 8.17. The van der Waals surface area contributed by atoms with Gasteiger partial charge in [-0.15, -0.1) is 0 Å². The van der Waals surface area contributed by atoms with Gasteiger partial charge in [0, 0.05) is 18.5 Å². The minimum absolute atomic E-state index is 0.563. The van der Waals surface area contributed by atoms with Crippen molar-refractivity contribution in [1.82, 2.24) is 4.98 Å². The number of benzene rings is 1. The Morgan fingerprint density at radius 2 is 2.00 bits per heavy atom. The van der Waals surface area contributed by atoms with Crippen molar-refractivity contribution in [2.45, 2.75) is 13.3 Å². The summed E-state index contributed by atoms with van der Waals surface area (Å²) in [5, 5.41) is 0. The average Bonchev–Trinajstić information content (AvgIpc) is 2.68. The van der Waals surface area contributed by atoms with Crippen molar-refractivity contribution < 1.29 is 4.42 Å². The van der Waals surface area contributed by atoms with Gasteiger partial charge in [-0.2, -0.15) is 0 Å². The molecule has 0 aliphatic carbocycles. The quantitative estimate of drug-likeness (QED) is 0.829. The summed E-state index contributed by atoms with van der Waals surface area (Å²) in [5.74, 6) is 1.51. The number of oxazole rings is 1. The molecule has 1 aromatic carbocycles. The zero-order valence-electron chi connectivity index (χ0n) is 8.73. The number of nitrogens with two attached hydrogens (primary N) is 1. The molecule has 0 bridgehead atoms. The van der Waals surface area contributed by atoms with Gasteiger partial charge >= 0.3 is 0 Å². The molecule has 2 N–H and O–H groups in total. The fourth-order valence-electron chi connectivity index (χ4n) is 1.40. The van der Waals surface area contributed by atoms with E-state index in [0.717, 1.165) is 11.3 Å². The molecule has 1 heterocycles. The Labute approximate surface area is 88.9 Å². The van der Waals surface area contributed by atoms with Gasteiger partial charge in [-0.3, -0.25) is 0 Å². The molecule has 2 aromatic rings. The Morgan fingerprint density at radius 3 is 2.67 bits per heavy atom. The fraction of sp³-hybridized carbons (Fsp3) is 0.250. The maximum atomic E-state index is 5.56. The monoisotopic (exact) mass is 202 g/mol. The van der Waals surface area contributed by atoms with Crippen LogP contribution in [0.4, 0.5) is 0 Å². The highest BCUT2D eigenvalue weighted by Crippen LogP contribution is 2.20. The topological polar surface area (TPSA) is 52.0 Å². The first-order valence-electron chi connectivity index (χ1n) is 5.01. The first-order valence-corrected chi connectivity index (χ1v) is 5.01. The minimum atomic E-state index is 0.563. The molecule has 0 saturated heterocycles. The van der Waals surface area contributed by atoms with Gasteiger partial charge in [0.25, 0.3) is 0 Å². The molecule has 0 atom stereocenters. The smallest absolute Gasteiger partial charge is 0.196 e. The van der Waals surface area contributed by atoms with E-state index < -0.39 is 0 Å². The number of aromatic nitrogens is 1. The zero-order valence-corrected chi connectivity index (χ0v) is 8.73. The summed E-state index contributed by atoms with van der Waals surface area (Å²) < 4.78 is 5.56. The Bertz CT molecular complexity index is 431. The molecular formula is C12H14N2O. The number of hydrogen-bond acceptors (Lipinski definition) is 3. The van der Waals surface area contributed by atoms with Crippen molar-refractivity contribution in [1.29, 1.82) is 0 Å². The van der Waals surface area contributed by atoms with Crippen LogP contribution in [0.2, 0.25) is 0 Å². The minimum Gasteiger partial charge on any atom is -0.441 e. The van der Waals surface area contributed by atoms with E-state index >= 15 is 0 Å². The van der Waals surface area contributed by atoms with Gasteiger partial charge in [0.05, 0.1) is 6.20 Å². The van der Waals surface area contributed by atoms with Gasteiger partial charge in [-0.1, -0.05) is 29.8 Å². The van der Waals surface area contributed by atoms with Crippen molar-refractivity contribution in [3.8, 4) is 11.3 Å². The number of hydrogen-bond donors (Lipinski definition) is 1. The van der Waals surface area contributed by atoms with Crippen LogP contribution in [0.25, 0.3) is 11.3 Å². The van der Waals surface area contributed by atoms with E-state index in [0.29, 0.717) is 18.9 Å². The molecule has 3 nitrogen and oxygen atoms in total. The van der Waals surface area contributed by atoms with Crippen LogP contribution in [0.5, 0.6) is 0 Å². The van der Waals surface area contributed by atoms with Gasteiger partial charge in [-0.05, 0) is 6.92 Å². The summed E-state index contributed by atoms with van der Waals surface area (Å²) in [5.41, 5.74) is 7.72. The van der Waals surface area contributed by atoms with Crippen molar-refractivity contribution in [2.24, 2.45) is 5.73 Å². The van der Waals surface area contributed by atoms with Gasteiger partial charge in [0.2, 0.25) is 0 Å². The predicted molar refractivity (Wildman–Crippen MR) is 59.4 cm³/mol. The largest absolute Gasteiger partial charge is 0.441 e. The Kier molecular flexibility index (Phi) is 2.83. The molecule has 0 aliphatic heterocycles. The average molecular weight is 202 g/mol. The third-order valence-electron chi connectivity index (χ3n) is 2.25. The van der Waals surface area contributed by atoms with Crippen molar-refractivity contribution in [3.63, 3.8) is 0 Å². The summed E-state index contributed by atoms with van der Waals surface area (Å²) in [4.78, 5) is 4.16. The maximum absolute atomic E-state index is 5.56. The lowest BCUT2D eigenvalue weighted by atomic mass is 10.1. The zero-order chi connectivity index (χ0) is 10.7. The maximum Gasteiger partial charge on any atom is 0.196 e. The summed E-state index contributed by atoms with van der Waals surface area (Å²) in [6.07, 6.45) is 2.43. The van der Waals surface area contributed by atoms with Crippen LogP contribution >= 0.6 is 0 Å². The van der Waals surface area contributed by atoms with E-state index in [9.17, 15) is 0 Å². The Morgan fingerprint density at radius 1 is 1.27 bits per heavy atom. The SMILES string of the molecule is Cc1ccc(-c2cnc(CCN)o2)cc1. The van der Waals surface area contributed by atoms with Gasteiger partial charge in [-0.25, -0.2) is 4.98 Å². The van der Waals surface area contributed by atoms with Crippen LogP contribution in [-0.2, 0) is 6.42 Å². The summed E-state index contributed by atoms with van der Waals surface area (Å²) in [7, 11) is 0. The summed E-state index contributed by atoms with van der Waals surface area (Å²) >= 11 is 0. The van der Waals surface area contributed by atoms with Crippen LogP contribution in [0.3, 0.4) is 0 Å². The van der Waals surface area contributed by atoms with E-state index in [4.69, 9.17) is 10.2 Å². The highest BCUT2D eigenvalue weighted by molar-refractivity contribution is 5.56. The van der Waals surface area contributed by atoms with Crippen LogP contribution in [0, 0.1) is 6.92 Å². The van der Waals surface area contributed by atoms with E-state index in [2.05, 4.69) is 24.0 Å². The molecule has 0 aliphatic rings. The molecule has 0 fully saturated rings. The van der Waals surface area contributed by atoms with E-state index in [1.807, 2.05) is 12.1 Å². The standard InChI is InChI=1S/C12H14N2O/c1-9-2-4-10(5-3-9)11-8-14-12(15-11)6-7-13/h2-5,8H,6-7,13H2,1H3. The molecular weight excluding hydrogens is 188 g/mol. The number of rotatable bonds is 3. The van der Waals surface area contributed by atoms with Crippen molar-refractivity contribution in [2.75, 3.05) is 6.54 Å². The van der Waals surface area contributed by atoms with E-state index in [1.54, 1.807) is 6.20 Å². The molecule has 15 heavy (non-hydrogen) atoms. The first kappa shape index (κ1) is 9.93. The van der Waals surface area contributed by atoms with Crippen LogP contribution in [0.1, 0.15) is 11.5 Å². The predicted octanol–water partition coefficient (Wildman–Crippen LogP) is 2.15. The van der Waals surface area contributed by atoms with Gasteiger partial charge in [0.15, 0.2) is 11.7 Å². The third kappa shape index (κ3) is 2.25. The number of aryl methyl sites for hydroxylation is 1. The highest BCUT2D eigenvalue weighted by Gasteiger charge is 2.04. The molecule has 0 saturated carbocycles. The van der Waals surface area contributed by atoms with Crippen LogP contribution < -0.4 is 5.73 Å². The second kappa shape index (κ2) is 4.28. The van der Waals surface area contributed by atoms with E-state index in [-0.39, 0.29) is 0 Å². The number of nitrogens with zero attached hydrogens (tertiary/aromatic N) is 1.